The van der Waals surface area contributed by atoms with Crippen LogP contribution in [0.25, 0.3) is 33.8 Å². The van der Waals surface area contributed by atoms with E-state index in [4.69, 9.17) is 24.9 Å². The summed E-state index contributed by atoms with van der Waals surface area (Å²) in [7, 11) is -4.01. The first kappa shape index (κ1) is 73.0. The van der Waals surface area contributed by atoms with E-state index in [1.165, 1.54) is 54.9 Å². The number of piperidine rings is 1. The highest BCUT2D eigenvalue weighted by atomic mass is 32.2. The molecule has 0 spiro atoms. The molecule has 24 heteroatoms. The molecule has 16 nitrogen and oxygen atoms in total. The van der Waals surface area contributed by atoms with Gasteiger partial charge in [-0.15, -0.1) is 0 Å². The lowest BCUT2D eigenvalue weighted by molar-refractivity contribution is 0.0910. The van der Waals surface area contributed by atoms with Gasteiger partial charge in [-0.1, -0.05) is 49.4 Å². The predicted molar refractivity (Wildman–Crippen MR) is 386 cm³/mol. The van der Waals surface area contributed by atoms with E-state index in [1.807, 2.05) is 53.4 Å². The molecule has 3 fully saturated rings. The molecule has 12 rings (SSSR count). The number of nitrogens with one attached hydrogen (secondary N) is 4. The van der Waals surface area contributed by atoms with Crippen LogP contribution in [0, 0.1) is 52.6 Å². The van der Waals surface area contributed by atoms with E-state index in [2.05, 4.69) is 56.8 Å². The Balaban J connectivity index is 0.950. The summed E-state index contributed by atoms with van der Waals surface area (Å²) in [4.78, 5) is 38.2. The summed E-state index contributed by atoms with van der Waals surface area (Å²) in [5.74, 6) is -3.77. The topological polar surface area (TPSA) is 173 Å². The molecular weight excluding hydrogens is 1330 g/mol. The average Bonchev–Trinajstić information content (AvgIpc) is 0.903. The highest BCUT2D eigenvalue weighted by Gasteiger charge is 2.41. The molecule has 3 saturated heterocycles. The van der Waals surface area contributed by atoms with Crippen molar-refractivity contribution in [1.82, 2.24) is 55.7 Å². The molecule has 0 saturated carbocycles. The minimum absolute atomic E-state index is 0.0236. The molecular formula is C78H87F7N14O2S. The van der Waals surface area contributed by atoms with Gasteiger partial charge in [0.25, 0.3) is 0 Å². The molecule has 9 aromatic rings. The molecule has 0 amide bonds. The summed E-state index contributed by atoms with van der Waals surface area (Å²) >= 11 is 0. The fourth-order valence-corrected chi connectivity index (χ4v) is 16.0. The van der Waals surface area contributed by atoms with Gasteiger partial charge in [-0.25, -0.2) is 69.1 Å². The van der Waals surface area contributed by atoms with Crippen LogP contribution >= 0.6 is 0 Å². The van der Waals surface area contributed by atoms with Gasteiger partial charge in [0.1, 0.15) is 46.9 Å². The van der Waals surface area contributed by atoms with Crippen LogP contribution in [-0.2, 0) is 35.6 Å². The van der Waals surface area contributed by atoms with E-state index in [1.54, 1.807) is 47.6 Å². The number of benzene rings is 6. The predicted octanol–water partition coefficient (Wildman–Crippen LogP) is 13.1. The van der Waals surface area contributed by atoms with Gasteiger partial charge in [0, 0.05) is 118 Å². The summed E-state index contributed by atoms with van der Waals surface area (Å²) in [5.41, 5.74) is 6.24. The van der Waals surface area contributed by atoms with Crippen LogP contribution in [0.1, 0.15) is 92.0 Å². The number of sulfone groups is 1. The first-order valence-corrected chi connectivity index (χ1v) is 37.1. The van der Waals surface area contributed by atoms with Crippen LogP contribution in [-0.4, -0.2) is 144 Å². The average molecular weight is 1420 g/mol. The van der Waals surface area contributed by atoms with Crippen molar-refractivity contribution in [3.63, 3.8) is 0 Å². The highest BCUT2D eigenvalue weighted by molar-refractivity contribution is 7.91. The van der Waals surface area contributed by atoms with Gasteiger partial charge in [0.2, 0.25) is 17.8 Å². The molecule has 536 valence electrons. The SMILES string of the molecule is CCN(Cc1ccc(F)c(-c2ccnc(N(CCc3cc(F)cc(F)c3)C(c3cccc(-c4ccnc(N(CCc5cc(F)cc(F)c5)C(c5cccc(-c6ccnc(NCCc7cc(F)cc(F)c7)n6)c5)N5C[C@H](C)NC[C@@H]5C)n4)c3)C(C[C@H]3CCNC3)S(C)(=O)=O)n2)c1)C[C@H]1CCCNC1. The molecule has 3 unspecified atom stereocenters. The molecule has 3 aliphatic heterocycles. The van der Waals surface area contributed by atoms with Crippen molar-refractivity contribution in [2.24, 2.45) is 11.8 Å². The van der Waals surface area contributed by atoms with Gasteiger partial charge in [-0.05, 0) is 216 Å². The minimum atomic E-state index is -4.01. The first-order valence-electron chi connectivity index (χ1n) is 35.2. The van der Waals surface area contributed by atoms with Crippen molar-refractivity contribution < 1.29 is 39.2 Å². The number of hydrogen-bond acceptors (Lipinski definition) is 16. The van der Waals surface area contributed by atoms with Gasteiger partial charge in [0.15, 0.2) is 9.84 Å². The summed E-state index contributed by atoms with van der Waals surface area (Å²) in [6.45, 7) is 13.4. The first-order chi connectivity index (χ1) is 49.2. The number of piperazine rings is 1. The second-order valence-corrected chi connectivity index (χ2v) is 29.7. The monoisotopic (exact) mass is 1420 g/mol. The normalized spacial score (nSPS) is 18.3. The van der Waals surface area contributed by atoms with Crippen LogP contribution in [0.2, 0.25) is 0 Å². The van der Waals surface area contributed by atoms with Gasteiger partial charge >= 0.3 is 0 Å². The Morgan fingerprint density at radius 1 is 0.588 bits per heavy atom. The Morgan fingerprint density at radius 3 is 1.77 bits per heavy atom. The number of rotatable bonds is 29. The van der Waals surface area contributed by atoms with E-state index < -0.39 is 68.0 Å². The fraction of sp³-hybridized carbons (Fsp3) is 0.385. The highest BCUT2D eigenvalue weighted by Crippen LogP contribution is 2.40. The van der Waals surface area contributed by atoms with E-state index in [9.17, 15) is 17.2 Å². The van der Waals surface area contributed by atoms with E-state index in [0.29, 0.717) is 103 Å². The third-order valence-electron chi connectivity index (χ3n) is 19.7. The number of anilines is 3. The van der Waals surface area contributed by atoms with Crippen LogP contribution in [0.5, 0.6) is 0 Å². The van der Waals surface area contributed by atoms with Crippen molar-refractivity contribution in [2.75, 3.05) is 93.4 Å². The standard InChI is InChI=1S/C78H87F7N14O2S/c1-5-96(49-57-9-8-23-86-46-57)48-56-14-15-69(85)68(37-56)72-20-28-90-77(95-72)97(29-21-53-33-64(81)42-65(82)34-53)74(73(102(4,100)101)38-55-16-24-87-45-55)60-12-6-10-58(39-60)71-19-27-91-78(94-71)98(30-22-54-35-66(83)43-67(84)36-54)75(99-47-50(2)92-44-51(99)3)61-13-7-11-59(40-61)70-18-26-89-76(93-70)88-25-17-52-31-62(79)41-63(80)32-52/h6-7,10-15,18-20,26-28,31-37,39-43,50-51,55,57,73-75,86-87,92H,5,8-9,16-17,21-25,29-30,38,44-49H2,1-4H3,(H,88,89,93)/t50-,51-,55+,57-,73?,74?,75?/m0/s1. The number of halogens is 7. The maximum Gasteiger partial charge on any atom is 0.227 e. The maximum absolute atomic E-state index is 16.5. The Morgan fingerprint density at radius 2 is 1.16 bits per heavy atom. The van der Waals surface area contributed by atoms with Crippen molar-refractivity contribution in [3.05, 3.63) is 232 Å². The molecule has 0 bridgehead atoms. The van der Waals surface area contributed by atoms with E-state index in [0.717, 1.165) is 73.9 Å². The molecule has 6 heterocycles. The molecule has 7 atom stereocenters. The van der Waals surface area contributed by atoms with E-state index in [-0.39, 0.29) is 73.5 Å². The lowest BCUT2D eigenvalue weighted by Crippen LogP contribution is -2.58. The fourth-order valence-electron chi connectivity index (χ4n) is 14.6. The minimum Gasteiger partial charge on any atom is -0.354 e. The van der Waals surface area contributed by atoms with Crippen LogP contribution in [0.3, 0.4) is 0 Å². The second-order valence-electron chi connectivity index (χ2n) is 27.4. The van der Waals surface area contributed by atoms with Gasteiger partial charge in [-0.3, -0.25) is 9.80 Å². The number of nitrogens with zero attached hydrogens (tertiary/aromatic N) is 10. The van der Waals surface area contributed by atoms with Gasteiger partial charge in [-0.2, -0.15) is 0 Å². The lowest BCUT2D eigenvalue weighted by Gasteiger charge is -2.47. The largest absolute Gasteiger partial charge is 0.354 e. The molecule has 0 radical (unpaired) electrons. The van der Waals surface area contributed by atoms with E-state index >= 15 is 22.0 Å². The van der Waals surface area contributed by atoms with Crippen molar-refractivity contribution in [1.29, 1.82) is 0 Å². The van der Waals surface area contributed by atoms with Crippen LogP contribution < -0.4 is 31.1 Å². The van der Waals surface area contributed by atoms with Crippen LogP contribution in [0.4, 0.5) is 48.6 Å². The maximum atomic E-state index is 16.5. The zero-order valence-corrected chi connectivity index (χ0v) is 58.6. The Kier molecular flexibility index (Phi) is 24.0. The zero-order chi connectivity index (χ0) is 71.4. The number of aromatic nitrogens is 6. The third-order valence-corrected chi connectivity index (χ3v) is 21.2. The number of hydrogen-bond donors (Lipinski definition) is 4. The molecule has 3 aromatic heterocycles. The zero-order valence-electron chi connectivity index (χ0n) is 57.8. The molecule has 6 aromatic carbocycles. The summed E-state index contributed by atoms with van der Waals surface area (Å²) in [6.07, 6.45) is 9.06. The Hall–Kier alpha value is -8.78. The smallest absolute Gasteiger partial charge is 0.227 e. The Bertz CT molecular complexity index is 4390. The second kappa shape index (κ2) is 33.6. The molecule has 3 aliphatic rings. The Labute approximate surface area is 592 Å². The summed E-state index contributed by atoms with van der Waals surface area (Å²) < 4.78 is 135. The third kappa shape index (κ3) is 18.9. The lowest BCUT2D eigenvalue weighted by atomic mass is 9.92. The van der Waals surface area contributed by atoms with Gasteiger partial charge < -0.3 is 31.1 Å². The molecule has 102 heavy (non-hydrogen) atoms. The van der Waals surface area contributed by atoms with Crippen molar-refractivity contribution >= 4 is 27.7 Å². The van der Waals surface area contributed by atoms with Crippen LogP contribution in [0.15, 0.2) is 158 Å². The van der Waals surface area contributed by atoms with Gasteiger partial charge in [0.05, 0.1) is 28.4 Å². The molecule has 4 N–H and O–H groups in total. The quantitative estimate of drug-likeness (QED) is 0.0326. The molecule has 0 aliphatic carbocycles. The van der Waals surface area contributed by atoms with Crippen molar-refractivity contribution in [3.8, 4) is 33.8 Å². The summed E-state index contributed by atoms with van der Waals surface area (Å²) in [5, 5.41) is 12.6. The summed E-state index contributed by atoms with van der Waals surface area (Å²) in [6, 6.07) is 34.6. The van der Waals surface area contributed by atoms with Crippen molar-refractivity contribution in [2.45, 2.75) is 102 Å².